The van der Waals surface area contributed by atoms with Crippen molar-refractivity contribution in [1.29, 1.82) is 0 Å². The summed E-state index contributed by atoms with van der Waals surface area (Å²) in [5.74, 6) is 0.987. The van der Waals surface area contributed by atoms with Crippen LogP contribution < -0.4 is 5.73 Å². The number of aliphatic hydroxyl groups excluding tert-OH is 1. The molecule has 4 heteroatoms. The average Bonchev–Trinajstić information content (AvgIpc) is 2.05. The molecule has 0 rings (SSSR count). The van der Waals surface area contributed by atoms with E-state index in [0.717, 1.165) is 25.3 Å². The number of nitrogens with two attached hydrogens (primary N) is 1. The summed E-state index contributed by atoms with van der Waals surface area (Å²) >= 11 is 1.86. The van der Waals surface area contributed by atoms with Gasteiger partial charge < -0.3 is 15.6 Å². The largest absolute Gasteiger partial charge is 0.394 e. The van der Waals surface area contributed by atoms with E-state index in [1.165, 1.54) is 0 Å². The number of ether oxygens (including phenoxy) is 1. The minimum absolute atomic E-state index is 0.114. The molecule has 74 valence electrons. The van der Waals surface area contributed by atoms with E-state index in [2.05, 4.69) is 6.92 Å². The summed E-state index contributed by atoms with van der Waals surface area (Å²) in [6.45, 7) is 4.21. The van der Waals surface area contributed by atoms with E-state index in [-0.39, 0.29) is 6.61 Å². The van der Waals surface area contributed by atoms with Crippen molar-refractivity contribution in [3.05, 3.63) is 0 Å². The Morgan fingerprint density at radius 1 is 1.50 bits per heavy atom. The quantitative estimate of drug-likeness (QED) is 0.550. The van der Waals surface area contributed by atoms with Gasteiger partial charge in [0.2, 0.25) is 0 Å². The highest BCUT2D eigenvalue weighted by Crippen LogP contribution is 2.12. The Labute approximate surface area is 78.7 Å². The number of thioether (sulfide) groups is 1. The molecule has 0 aliphatic carbocycles. The van der Waals surface area contributed by atoms with Crippen molar-refractivity contribution in [2.45, 2.75) is 18.6 Å². The second-order valence-corrected chi connectivity index (χ2v) is 4.14. The summed E-state index contributed by atoms with van der Waals surface area (Å²) in [6.07, 6.45) is 1.06. The van der Waals surface area contributed by atoms with Crippen LogP contribution in [0.15, 0.2) is 0 Å². The monoisotopic (exact) mass is 193 g/mol. The second kappa shape index (κ2) is 9.32. The SMILES string of the molecule is CC(CCN)SCCOCCO. The molecule has 0 aliphatic rings. The first-order valence-electron chi connectivity index (χ1n) is 4.31. The molecule has 12 heavy (non-hydrogen) atoms. The second-order valence-electron chi connectivity index (χ2n) is 2.59. The highest BCUT2D eigenvalue weighted by atomic mass is 32.2. The molecule has 0 spiro atoms. The van der Waals surface area contributed by atoms with Crippen molar-refractivity contribution in [3.63, 3.8) is 0 Å². The zero-order chi connectivity index (χ0) is 9.23. The minimum Gasteiger partial charge on any atom is -0.394 e. The van der Waals surface area contributed by atoms with E-state index in [9.17, 15) is 0 Å². The Kier molecular flexibility index (Phi) is 9.50. The third-order valence-corrected chi connectivity index (χ3v) is 2.65. The van der Waals surface area contributed by atoms with Crippen LogP contribution in [0.5, 0.6) is 0 Å². The van der Waals surface area contributed by atoms with Crippen LogP contribution in [0, 0.1) is 0 Å². The Morgan fingerprint density at radius 2 is 2.25 bits per heavy atom. The first-order chi connectivity index (χ1) is 5.81. The molecule has 0 radical (unpaired) electrons. The standard InChI is InChI=1S/C8H19NO2S/c1-8(2-3-9)12-7-6-11-5-4-10/h8,10H,2-7,9H2,1H3. The molecule has 0 saturated heterocycles. The van der Waals surface area contributed by atoms with Crippen molar-refractivity contribution < 1.29 is 9.84 Å². The fourth-order valence-corrected chi connectivity index (χ4v) is 1.71. The van der Waals surface area contributed by atoms with Crippen LogP contribution in [0.3, 0.4) is 0 Å². The lowest BCUT2D eigenvalue weighted by Crippen LogP contribution is -2.09. The third-order valence-electron chi connectivity index (χ3n) is 1.44. The molecule has 1 atom stereocenters. The van der Waals surface area contributed by atoms with E-state index in [4.69, 9.17) is 15.6 Å². The van der Waals surface area contributed by atoms with Crippen LogP contribution in [-0.2, 0) is 4.74 Å². The predicted molar refractivity (Wildman–Crippen MR) is 53.5 cm³/mol. The third kappa shape index (κ3) is 8.33. The van der Waals surface area contributed by atoms with E-state index < -0.39 is 0 Å². The molecular formula is C8H19NO2S. The molecule has 0 bridgehead atoms. The van der Waals surface area contributed by atoms with Crippen LogP contribution in [0.2, 0.25) is 0 Å². The van der Waals surface area contributed by atoms with Gasteiger partial charge in [-0.05, 0) is 13.0 Å². The zero-order valence-corrected chi connectivity index (χ0v) is 8.48. The maximum atomic E-state index is 8.41. The zero-order valence-electron chi connectivity index (χ0n) is 7.66. The molecule has 0 aromatic carbocycles. The maximum absolute atomic E-state index is 8.41. The maximum Gasteiger partial charge on any atom is 0.0698 e. The minimum atomic E-state index is 0.114. The van der Waals surface area contributed by atoms with Gasteiger partial charge in [0.25, 0.3) is 0 Å². The van der Waals surface area contributed by atoms with Crippen molar-refractivity contribution in [1.82, 2.24) is 0 Å². The van der Waals surface area contributed by atoms with Crippen molar-refractivity contribution in [2.75, 3.05) is 32.1 Å². The molecule has 0 aromatic rings. The van der Waals surface area contributed by atoms with Gasteiger partial charge in [0, 0.05) is 11.0 Å². The first-order valence-corrected chi connectivity index (χ1v) is 5.36. The number of hydrogen-bond donors (Lipinski definition) is 2. The van der Waals surface area contributed by atoms with Gasteiger partial charge >= 0.3 is 0 Å². The van der Waals surface area contributed by atoms with Crippen LogP contribution in [0.25, 0.3) is 0 Å². The molecule has 3 N–H and O–H groups in total. The van der Waals surface area contributed by atoms with Crippen LogP contribution in [-0.4, -0.2) is 42.5 Å². The summed E-state index contributed by atoms with van der Waals surface area (Å²) in [4.78, 5) is 0. The Morgan fingerprint density at radius 3 is 2.83 bits per heavy atom. The van der Waals surface area contributed by atoms with E-state index >= 15 is 0 Å². The summed E-state index contributed by atoms with van der Waals surface area (Å²) in [6, 6.07) is 0. The van der Waals surface area contributed by atoms with E-state index in [1.54, 1.807) is 0 Å². The van der Waals surface area contributed by atoms with Gasteiger partial charge in [-0.15, -0.1) is 0 Å². The van der Waals surface area contributed by atoms with Crippen LogP contribution in [0.4, 0.5) is 0 Å². The van der Waals surface area contributed by atoms with Gasteiger partial charge in [-0.3, -0.25) is 0 Å². The summed E-state index contributed by atoms with van der Waals surface area (Å²) in [5.41, 5.74) is 5.40. The van der Waals surface area contributed by atoms with Gasteiger partial charge in [-0.25, -0.2) is 0 Å². The lowest BCUT2D eigenvalue weighted by atomic mass is 10.3. The molecule has 0 aliphatic heterocycles. The predicted octanol–water partition coefficient (Wildman–Crippen LogP) is 0.466. The number of hydrogen-bond acceptors (Lipinski definition) is 4. The molecule has 0 saturated carbocycles. The van der Waals surface area contributed by atoms with E-state index in [0.29, 0.717) is 11.9 Å². The molecule has 0 heterocycles. The molecule has 0 aromatic heterocycles. The topological polar surface area (TPSA) is 55.5 Å². The first kappa shape index (κ1) is 12.2. The normalized spacial score (nSPS) is 13.2. The lowest BCUT2D eigenvalue weighted by Gasteiger charge is -2.08. The molecule has 1 unspecified atom stereocenters. The average molecular weight is 193 g/mol. The van der Waals surface area contributed by atoms with E-state index in [1.807, 2.05) is 11.8 Å². The smallest absolute Gasteiger partial charge is 0.0698 e. The Bertz CT molecular complexity index is 93.1. The molecule has 0 fully saturated rings. The molecule has 3 nitrogen and oxygen atoms in total. The van der Waals surface area contributed by atoms with Gasteiger partial charge in [0.05, 0.1) is 19.8 Å². The van der Waals surface area contributed by atoms with Crippen molar-refractivity contribution >= 4 is 11.8 Å². The molecule has 0 amide bonds. The number of aliphatic hydroxyl groups is 1. The van der Waals surface area contributed by atoms with Gasteiger partial charge in [-0.2, -0.15) is 11.8 Å². The van der Waals surface area contributed by atoms with Crippen LogP contribution >= 0.6 is 11.8 Å². The highest BCUT2D eigenvalue weighted by Gasteiger charge is 1.99. The van der Waals surface area contributed by atoms with Gasteiger partial charge in [-0.1, -0.05) is 6.92 Å². The lowest BCUT2D eigenvalue weighted by molar-refractivity contribution is 0.103. The van der Waals surface area contributed by atoms with Crippen molar-refractivity contribution in [2.24, 2.45) is 5.73 Å². The number of rotatable bonds is 8. The fraction of sp³-hybridized carbons (Fsp3) is 1.00. The fourth-order valence-electron chi connectivity index (χ4n) is 0.793. The van der Waals surface area contributed by atoms with Crippen LogP contribution in [0.1, 0.15) is 13.3 Å². The summed E-state index contributed by atoms with van der Waals surface area (Å²) in [5, 5.41) is 9.03. The Hall–Kier alpha value is 0.230. The molecular weight excluding hydrogens is 174 g/mol. The Balaban J connectivity index is 2.97. The highest BCUT2D eigenvalue weighted by molar-refractivity contribution is 7.99. The van der Waals surface area contributed by atoms with Crippen molar-refractivity contribution in [3.8, 4) is 0 Å². The van der Waals surface area contributed by atoms with Gasteiger partial charge in [0.1, 0.15) is 0 Å². The summed E-state index contributed by atoms with van der Waals surface area (Å²) < 4.78 is 5.11. The summed E-state index contributed by atoms with van der Waals surface area (Å²) in [7, 11) is 0. The van der Waals surface area contributed by atoms with Gasteiger partial charge in [0.15, 0.2) is 0 Å².